The minimum atomic E-state index is 0.321. The summed E-state index contributed by atoms with van der Waals surface area (Å²) in [5, 5.41) is 7.08. The third-order valence-electron chi connectivity index (χ3n) is 7.04. The number of anilines is 1. The van der Waals surface area contributed by atoms with Gasteiger partial charge in [-0.25, -0.2) is 0 Å². The molecule has 0 radical (unpaired) electrons. The summed E-state index contributed by atoms with van der Waals surface area (Å²) in [5.41, 5.74) is 1.32. The molecule has 0 aromatic heterocycles. The summed E-state index contributed by atoms with van der Waals surface area (Å²) < 4.78 is 0. The number of para-hydroxylation sites is 1. The molecule has 2 aliphatic heterocycles. The average Bonchev–Trinajstić information content (AvgIpc) is 2.78. The normalized spacial score (nSPS) is 21.6. The van der Waals surface area contributed by atoms with Crippen molar-refractivity contribution in [2.75, 3.05) is 64.3 Å². The Bertz CT molecular complexity index is 719. The van der Waals surface area contributed by atoms with Crippen LogP contribution in [0, 0.1) is 5.92 Å². The van der Waals surface area contributed by atoms with Crippen LogP contribution in [0.2, 0.25) is 0 Å². The summed E-state index contributed by atoms with van der Waals surface area (Å²) in [4.78, 5) is 23.8. The van der Waals surface area contributed by atoms with Crippen LogP contribution in [-0.2, 0) is 4.79 Å². The molecule has 4 rings (SSSR count). The molecule has 1 saturated carbocycles. The number of nitrogens with one attached hydrogen (secondary N) is 2. The van der Waals surface area contributed by atoms with Crippen molar-refractivity contribution in [2.45, 2.75) is 38.1 Å². The summed E-state index contributed by atoms with van der Waals surface area (Å²) in [6.07, 6.45) is 5.66. The van der Waals surface area contributed by atoms with Crippen LogP contribution >= 0.6 is 0 Å². The molecule has 1 aromatic carbocycles. The Balaban J connectivity index is 1.11. The highest BCUT2D eigenvalue weighted by molar-refractivity contribution is 5.80. The van der Waals surface area contributed by atoms with E-state index in [0.717, 1.165) is 84.0 Å². The van der Waals surface area contributed by atoms with Crippen LogP contribution in [-0.4, -0.2) is 87.1 Å². The first-order valence-corrected chi connectivity index (χ1v) is 12.0. The zero-order valence-corrected chi connectivity index (χ0v) is 18.9. The topological polar surface area (TPSA) is 63.2 Å². The van der Waals surface area contributed by atoms with Gasteiger partial charge in [-0.1, -0.05) is 24.6 Å². The van der Waals surface area contributed by atoms with Crippen molar-refractivity contribution in [3.05, 3.63) is 30.3 Å². The quantitative estimate of drug-likeness (QED) is 0.536. The number of piperidine rings is 1. The number of nitrogens with zero attached hydrogens (tertiary/aromatic N) is 4. The van der Waals surface area contributed by atoms with Gasteiger partial charge in [0.2, 0.25) is 5.91 Å². The lowest BCUT2D eigenvalue weighted by molar-refractivity contribution is -0.139. The second kappa shape index (κ2) is 10.8. The van der Waals surface area contributed by atoms with Crippen LogP contribution in [0.4, 0.5) is 5.69 Å². The van der Waals surface area contributed by atoms with Crippen molar-refractivity contribution in [2.24, 2.45) is 10.9 Å². The van der Waals surface area contributed by atoms with Crippen molar-refractivity contribution in [1.82, 2.24) is 20.4 Å². The Morgan fingerprint density at radius 1 is 1.00 bits per heavy atom. The van der Waals surface area contributed by atoms with Crippen LogP contribution < -0.4 is 15.5 Å². The molecule has 0 bridgehead atoms. The monoisotopic (exact) mass is 426 g/mol. The summed E-state index contributed by atoms with van der Waals surface area (Å²) >= 11 is 0. The Morgan fingerprint density at radius 3 is 2.32 bits per heavy atom. The van der Waals surface area contributed by atoms with E-state index in [9.17, 15) is 4.79 Å². The second-order valence-electron chi connectivity index (χ2n) is 9.03. The number of aliphatic imine (C=N–C) groups is 1. The number of benzene rings is 1. The molecular formula is C24H38N6O. The summed E-state index contributed by atoms with van der Waals surface area (Å²) in [7, 11) is 1.85. The fourth-order valence-corrected chi connectivity index (χ4v) is 4.75. The van der Waals surface area contributed by atoms with Gasteiger partial charge in [-0.05, 0) is 37.8 Å². The van der Waals surface area contributed by atoms with Crippen molar-refractivity contribution in [3.8, 4) is 0 Å². The third kappa shape index (κ3) is 5.91. The van der Waals surface area contributed by atoms with Crippen LogP contribution in [0.1, 0.15) is 32.1 Å². The Labute approximate surface area is 186 Å². The highest BCUT2D eigenvalue weighted by Crippen LogP contribution is 2.28. The van der Waals surface area contributed by atoms with Gasteiger partial charge in [0.25, 0.3) is 0 Å². The molecule has 0 spiro atoms. The van der Waals surface area contributed by atoms with Crippen LogP contribution in [0.25, 0.3) is 0 Å². The van der Waals surface area contributed by atoms with Crippen molar-refractivity contribution in [1.29, 1.82) is 0 Å². The van der Waals surface area contributed by atoms with E-state index in [1.165, 1.54) is 12.1 Å². The zero-order chi connectivity index (χ0) is 21.5. The van der Waals surface area contributed by atoms with E-state index in [0.29, 0.717) is 17.9 Å². The summed E-state index contributed by atoms with van der Waals surface area (Å²) in [6.45, 7) is 7.71. The fraction of sp³-hybridized carbons (Fsp3) is 0.667. The molecule has 2 heterocycles. The molecule has 1 aliphatic carbocycles. The minimum absolute atomic E-state index is 0.321. The smallest absolute Gasteiger partial charge is 0.225 e. The SMILES string of the molecule is CN=C(NCCN1CCN(C(=O)C2CCC2)CC1)NC1CCN(c2ccccc2)CC1. The number of hydrogen-bond donors (Lipinski definition) is 2. The molecule has 3 fully saturated rings. The van der Waals surface area contributed by atoms with Gasteiger partial charge in [0.05, 0.1) is 0 Å². The molecular weight excluding hydrogens is 388 g/mol. The number of carbonyl (C=O) groups is 1. The van der Waals surface area contributed by atoms with Crippen molar-refractivity contribution < 1.29 is 4.79 Å². The maximum Gasteiger partial charge on any atom is 0.225 e. The first-order chi connectivity index (χ1) is 15.2. The van der Waals surface area contributed by atoms with Gasteiger partial charge in [0.1, 0.15) is 0 Å². The lowest BCUT2D eigenvalue weighted by Gasteiger charge is -2.38. The third-order valence-corrected chi connectivity index (χ3v) is 7.04. The number of hydrogen-bond acceptors (Lipinski definition) is 4. The van der Waals surface area contributed by atoms with Crippen molar-refractivity contribution >= 4 is 17.6 Å². The lowest BCUT2D eigenvalue weighted by atomic mass is 9.84. The van der Waals surface area contributed by atoms with Gasteiger partial charge >= 0.3 is 0 Å². The zero-order valence-electron chi connectivity index (χ0n) is 18.9. The van der Waals surface area contributed by atoms with E-state index in [2.05, 4.69) is 60.7 Å². The highest BCUT2D eigenvalue weighted by Gasteiger charge is 2.31. The van der Waals surface area contributed by atoms with Gasteiger partial charge in [-0.3, -0.25) is 14.7 Å². The fourth-order valence-electron chi connectivity index (χ4n) is 4.75. The number of amides is 1. The van der Waals surface area contributed by atoms with Gasteiger partial charge < -0.3 is 20.4 Å². The molecule has 31 heavy (non-hydrogen) atoms. The molecule has 0 unspecified atom stereocenters. The number of guanidine groups is 1. The molecule has 1 aromatic rings. The van der Waals surface area contributed by atoms with E-state index in [4.69, 9.17) is 0 Å². The summed E-state index contributed by atoms with van der Waals surface area (Å²) in [6, 6.07) is 11.1. The number of carbonyl (C=O) groups excluding carboxylic acids is 1. The van der Waals surface area contributed by atoms with E-state index in [1.54, 1.807) is 0 Å². The molecule has 1 amide bonds. The Morgan fingerprint density at radius 2 is 1.71 bits per heavy atom. The first-order valence-electron chi connectivity index (χ1n) is 12.0. The van der Waals surface area contributed by atoms with E-state index < -0.39 is 0 Å². The molecule has 7 nitrogen and oxygen atoms in total. The lowest BCUT2D eigenvalue weighted by Crippen LogP contribution is -2.53. The van der Waals surface area contributed by atoms with Crippen LogP contribution in [0.5, 0.6) is 0 Å². The molecule has 0 atom stereocenters. The molecule has 2 saturated heterocycles. The maximum absolute atomic E-state index is 12.4. The predicted octanol–water partition coefficient (Wildman–Crippen LogP) is 1.76. The van der Waals surface area contributed by atoms with E-state index in [-0.39, 0.29) is 0 Å². The van der Waals surface area contributed by atoms with Gasteiger partial charge in [0.15, 0.2) is 5.96 Å². The van der Waals surface area contributed by atoms with Crippen LogP contribution in [0.3, 0.4) is 0 Å². The first kappa shape index (κ1) is 21.9. The largest absolute Gasteiger partial charge is 0.371 e. The van der Waals surface area contributed by atoms with E-state index in [1.807, 2.05) is 7.05 Å². The van der Waals surface area contributed by atoms with Crippen molar-refractivity contribution in [3.63, 3.8) is 0 Å². The number of piperazine rings is 1. The minimum Gasteiger partial charge on any atom is -0.371 e. The second-order valence-corrected chi connectivity index (χ2v) is 9.03. The van der Waals surface area contributed by atoms with Gasteiger partial charge in [0, 0.05) is 77.1 Å². The highest BCUT2D eigenvalue weighted by atomic mass is 16.2. The molecule has 7 heteroatoms. The summed E-state index contributed by atoms with van der Waals surface area (Å²) in [5.74, 6) is 1.62. The predicted molar refractivity (Wildman–Crippen MR) is 127 cm³/mol. The molecule has 3 aliphatic rings. The Hall–Kier alpha value is -2.28. The van der Waals surface area contributed by atoms with E-state index >= 15 is 0 Å². The standard InChI is InChI=1S/C24H38N6O/c1-25-24(27-21-10-13-29(14-11-21)22-8-3-2-4-9-22)26-12-15-28-16-18-30(19-17-28)23(31)20-6-5-7-20/h2-4,8-9,20-21H,5-7,10-19H2,1H3,(H2,25,26,27). The maximum atomic E-state index is 12.4. The average molecular weight is 427 g/mol. The molecule has 2 N–H and O–H groups in total. The van der Waals surface area contributed by atoms with Gasteiger partial charge in [-0.2, -0.15) is 0 Å². The number of rotatable bonds is 6. The molecule has 170 valence electrons. The Kier molecular flexibility index (Phi) is 7.67. The van der Waals surface area contributed by atoms with Gasteiger partial charge in [-0.15, -0.1) is 0 Å². The van der Waals surface area contributed by atoms with Crippen LogP contribution in [0.15, 0.2) is 35.3 Å².